The van der Waals surface area contributed by atoms with Crippen LogP contribution in [-0.2, 0) is 6.42 Å². The Morgan fingerprint density at radius 3 is 2.65 bits per heavy atom. The van der Waals surface area contributed by atoms with Gasteiger partial charge < -0.3 is 15.8 Å². The van der Waals surface area contributed by atoms with Crippen LogP contribution in [0.3, 0.4) is 0 Å². The van der Waals surface area contributed by atoms with Crippen molar-refractivity contribution < 1.29 is 4.74 Å². The summed E-state index contributed by atoms with van der Waals surface area (Å²) in [6.07, 6.45) is 4.52. The molecule has 122 valence electrons. The lowest BCUT2D eigenvalue weighted by Gasteiger charge is -2.07. The SMILES string of the molecule is COc1cccc(NC(N)=NCCCCCc2ccccc2)c1. The van der Waals surface area contributed by atoms with E-state index in [4.69, 9.17) is 10.5 Å². The summed E-state index contributed by atoms with van der Waals surface area (Å²) in [6.45, 7) is 0.748. The zero-order valence-electron chi connectivity index (χ0n) is 13.7. The van der Waals surface area contributed by atoms with E-state index in [0.29, 0.717) is 5.96 Å². The number of ether oxygens (including phenoxy) is 1. The molecule has 0 aliphatic rings. The largest absolute Gasteiger partial charge is 0.497 e. The number of benzene rings is 2. The van der Waals surface area contributed by atoms with Crippen LogP contribution in [0.5, 0.6) is 5.75 Å². The van der Waals surface area contributed by atoms with Crippen LogP contribution >= 0.6 is 0 Å². The molecule has 4 nitrogen and oxygen atoms in total. The predicted molar refractivity (Wildman–Crippen MR) is 97.1 cm³/mol. The molecule has 0 aromatic heterocycles. The number of anilines is 1. The van der Waals surface area contributed by atoms with E-state index in [2.05, 4.69) is 40.6 Å². The van der Waals surface area contributed by atoms with Gasteiger partial charge in [-0.2, -0.15) is 0 Å². The summed E-state index contributed by atoms with van der Waals surface area (Å²) in [5, 5.41) is 3.08. The van der Waals surface area contributed by atoms with Crippen molar-refractivity contribution in [1.29, 1.82) is 0 Å². The van der Waals surface area contributed by atoms with E-state index in [9.17, 15) is 0 Å². The number of hydrogen-bond donors (Lipinski definition) is 2. The smallest absolute Gasteiger partial charge is 0.193 e. The molecule has 2 aromatic carbocycles. The van der Waals surface area contributed by atoms with E-state index in [0.717, 1.165) is 37.2 Å². The highest BCUT2D eigenvalue weighted by Gasteiger charge is 1.97. The molecular weight excluding hydrogens is 286 g/mol. The number of hydrogen-bond acceptors (Lipinski definition) is 2. The normalized spacial score (nSPS) is 11.3. The molecule has 2 rings (SSSR count). The van der Waals surface area contributed by atoms with Gasteiger partial charge in [0.1, 0.15) is 5.75 Å². The molecule has 0 fully saturated rings. The van der Waals surface area contributed by atoms with Crippen molar-refractivity contribution in [1.82, 2.24) is 0 Å². The van der Waals surface area contributed by atoms with Crippen molar-refractivity contribution in [2.24, 2.45) is 10.7 Å². The lowest BCUT2D eigenvalue weighted by Crippen LogP contribution is -2.22. The number of aliphatic imine (C=N–C) groups is 1. The summed E-state index contributed by atoms with van der Waals surface area (Å²) in [7, 11) is 1.64. The Hall–Kier alpha value is -2.49. The molecule has 0 amide bonds. The Kier molecular flexibility index (Phi) is 6.98. The lowest BCUT2D eigenvalue weighted by molar-refractivity contribution is 0.415. The van der Waals surface area contributed by atoms with Crippen molar-refractivity contribution in [3.8, 4) is 5.75 Å². The first-order valence-electron chi connectivity index (χ1n) is 8.03. The number of nitrogens with one attached hydrogen (secondary N) is 1. The van der Waals surface area contributed by atoms with Crippen molar-refractivity contribution in [2.75, 3.05) is 19.0 Å². The lowest BCUT2D eigenvalue weighted by atomic mass is 10.1. The highest BCUT2D eigenvalue weighted by atomic mass is 16.5. The van der Waals surface area contributed by atoms with Gasteiger partial charge in [-0.1, -0.05) is 42.8 Å². The second-order valence-corrected chi connectivity index (χ2v) is 5.42. The van der Waals surface area contributed by atoms with E-state index in [-0.39, 0.29) is 0 Å². The van der Waals surface area contributed by atoms with Gasteiger partial charge in [0.15, 0.2) is 5.96 Å². The molecule has 0 atom stereocenters. The highest BCUT2D eigenvalue weighted by Crippen LogP contribution is 2.16. The standard InChI is InChI=1S/C19H25N3O/c1-23-18-13-8-12-17(15-18)22-19(20)21-14-7-3-6-11-16-9-4-2-5-10-16/h2,4-5,8-10,12-13,15H,3,6-7,11,14H2,1H3,(H3,20,21,22). The van der Waals surface area contributed by atoms with Crippen LogP contribution in [0, 0.1) is 0 Å². The van der Waals surface area contributed by atoms with E-state index >= 15 is 0 Å². The first-order chi connectivity index (χ1) is 11.3. The zero-order chi connectivity index (χ0) is 16.3. The number of methoxy groups -OCH3 is 1. The molecule has 0 saturated carbocycles. The monoisotopic (exact) mass is 311 g/mol. The van der Waals surface area contributed by atoms with Crippen LogP contribution in [0.15, 0.2) is 59.6 Å². The molecule has 0 spiro atoms. The number of rotatable bonds is 8. The molecule has 2 aromatic rings. The second kappa shape index (κ2) is 9.51. The second-order valence-electron chi connectivity index (χ2n) is 5.42. The highest BCUT2D eigenvalue weighted by molar-refractivity contribution is 5.92. The van der Waals surface area contributed by atoms with Gasteiger partial charge in [0.2, 0.25) is 0 Å². The van der Waals surface area contributed by atoms with Crippen LogP contribution in [-0.4, -0.2) is 19.6 Å². The molecule has 0 aliphatic heterocycles. The average molecular weight is 311 g/mol. The molecule has 0 saturated heterocycles. The summed E-state index contributed by atoms with van der Waals surface area (Å²) >= 11 is 0. The third-order valence-electron chi connectivity index (χ3n) is 3.59. The molecule has 0 heterocycles. The first kappa shape index (κ1) is 16.9. The van der Waals surface area contributed by atoms with Gasteiger partial charge in [-0.15, -0.1) is 0 Å². The summed E-state index contributed by atoms with van der Waals surface area (Å²) < 4.78 is 5.18. The molecule has 0 bridgehead atoms. The Morgan fingerprint density at radius 1 is 1.04 bits per heavy atom. The molecular formula is C19H25N3O. The minimum Gasteiger partial charge on any atom is -0.497 e. The minimum atomic E-state index is 0.446. The fourth-order valence-corrected chi connectivity index (χ4v) is 2.35. The predicted octanol–water partition coefficient (Wildman–Crippen LogP) is 3.83. The maximum atomic E-state index is 5.90. The van der Waals surface area contributed by atoms with Crippen LogP contribution in [0.1, 0.15) is 24.8 Å². The van der Waals surface area contributed by atoms with Crippen LogP contribution in [0.25, 0.3) is 0 Å². The number of aryl methyl sites for hydroxylation is 1. The summed E-state index contributed by atoms with van der Waals surface area (Å²) in [5.41, 5.74) is 8.18. The van der Waals surface area contributed by atoms with Crippen LogP contribution in [0.4, 0.5) is 5.69 Å². The quantitative estimate of drug-likeness (QED) is 0.442. The molecule has 4 heteroatoms. The fraction of sp³-hybridized carbons (Fsp3) is 0.316. The van der Waals surface area contributed by atoms with Crippen LogP contribution in [0.2, 0.25) is 0 Å². The maximum absolute atomic E-state index is 5.90. The van der Waals surface area contributed by atoms with E-state index in [1.807, 2.05) is 24.3 Å². The van der Waals surface area contributed by atoms with Crippen molar-refractivity contribution >= 4 is 11.6 Å². The van der Waals surface area contributed by atoms with Gasteiger partial charge in [-0.05, 0) is 37.0 Å². The third-order valence-corrected chi connectivity index (χ3v) is 3.59. The summed E-state index contributed by atoms with van der Waals surface area (Å²) in [5.74, 6) is 1.24. The van der Waals surface area contributed by atoms with Gasteiger partial charge >= 0.3 is 0 Å². The molecule has 0 unspecified atom stereocenters. The number of nitrogens with zero attached hydrogens (tertiary/aromatic N) is 1. The fourth-order valence-electron chi connectivity index (χ4n) is 2.35. The summed E-state index contributed by atoms with van der Waals surface area (Å²) in [4.78, 5) is 4.36. The van der Waals surface area contributed by atoms with Crippen molar-refractivity contribution in [3.63, 3.8) is 0 Å². The number of guanidine groups is 1. The molecule has 0 aliphatic carbocycles. The third kappa shape index (κ3) is 6.43. The molecule has 3 N–H and O–H groups in total. The Labute approximate surface area is 138 Å². The van der Waals surface area contributed by atoms with Gasteiger partial charge in [0, 0.05) is 18.3 Å². The van der Waals surface area contributed by atoms with Gasteiger partial charge in [-0.25, -0.2) is 0 Å². The Morgan fingerprint density at radius 2 is 1.87 bits per heavy atom. The van der Waals surface area contributed by atoms with E-state index < -0.39 is 0 Å². The van der Waals surface area contributed by atoms with E-state index in [1.165, 1.54) is 12.0 Å². The zero-order valence-corrected chi connectivity index (χ0v) is 13.7. The van der Waals surface area contributed by atoms with Crippen molar-refractivity contribution in [2.45, 2.75) is 25.7 Å². The minimum absolute atomic E-state index is 0.446. The van der Waals surface area contributed by atoms with E-state index in [1.54, 1.807) is 7.11 Å². The van der Waals surface area contributed by atoms with Gasteiger partial charge in [-0.3, -0.25) is 4.99 Å². The van der Waals surface area contributed by atoms with Gasteiger partial charge in [0.25, 0.3) is 0 Å². The topological polar surface area (TPSA) is 59.6 Å². The van der Waals surface area contributed by atoms with Crippen molar-refractivity contribution in [3.05, 3.63) is 60.2 Å². The molecule has 23 heavy (non-hydrogen) atoms. The molecule has 0 radical (unpaired) electrons. The Bertz CT molecular complexity index is 611. The maximum Gasteiger partial charge on any atom is 0.193 e. The number of unbranched alkanes of at least 4 members (excludes halogenated alkanes) is 2. The van der Waals surface area contributed by atoms with Crippen LogP contribution < -0.4 is 15.8 Å². The van der Waals surface area contributed by atoms with Gasteiger partial charge in [0.05, 0.1) is 7.11 Å². The number of nitrogens with two attached hydrogens (primary N) is 1. The first-order valence-corrected chi connectivity index (χ1v) is 8.03. The summed E-state index contributed by atoms with van der Waals surface area (Å²) in [6, 6.07) is 18.2. The average Bonchev–Trinajstić information content (AvgIpc) is 2.59. The Balaban J connectivity index is 1.64.